The molecule has 0 bridgehead atoms. The van der Waals surface area contributed by atoms with E-state index in [1.165, 1.54) is 4.88 Å². The lowest BCUT2D eigenvalue weighted by atomic mass is 10.2. The molecule has 0 spiro atoms. The predicted octanol–water partition coefficient (Wildman–Crippen LogP) is 1.92. The molecular weight excluding hydrogens is 208 g/mol. The van der Waals surface area contributed by atoms with Gasteiger partial charge in [0.25, 0.3) is 0 Å². The standard InChI is InChI=1S/C11H18N2OS/c1-9(10-5-4-8-15-10)13-7-3-6-11(14)12-2/h4-5,8-9,13H,3,6-7H2,1-2H3,(H,12,14)/t9-/m0/s1. The minimum Gasteiger partial charge on any atom is -0.359 e. The van der Waals surface area contributed by atoms with Crippen LogP contribution in [0.3, 0.4) is 0 Å². The Morgan fingerprint density at radius 3 is 3.00 bits per heavy atom. The third kappa shape index (κ3) is 4.44. The first-order chi connectivity index (χ1) is 7.24. The van der Waals surface area contributed by atoms with Crippen LogP contribution in [0, 0.1) is 0 Å². The number of hydrogen-bond acceptors (Lipinski definition) is 3. The Morgan fingerprint density at radius 2 is 2.40 bits per heavy atom. The fourth-order valence-electron chi connectivity index (χ4n) is 1.33. The molecule has 0 fully saturated rings. The molecule has 1 atom stereocenters. The molecule has 0 aliphatic heterocycles. The first kappa shape index (κ1) is 12.2. The maximum absolute atomic E-state index is 10.9. The quantitative estimate of drug-likeness (QED) is 0.728. The van der Waals surface area contributed by atoms with Crippen LogP contribution in [-0.2, 0) is 4.79 Å². The number of rotatable bonds is 6. The summed E-state index contributed by atoms with van der Waals surface area (Å²) in [7, 11) is 1.67. The zero-order valence-electron chi connectivity index (χ0n) is 9.25. The summed E-state index contributed by atoms with van der Waals surface area (Å²) >= 11 is 1.76. The molecule has 0 aromatic carbocycles. The molecule has 0 unspecified atom stereocenters. The molecule has 15 heavy (non-hydrogen) atoms. The molecular formula is C11H18N2OS. The summed E-state index contributed by atoms with van der Waals surface area (Å²) in [5, 5.41) is 8.09. The normalized spacial score (nSPS) is 12.4. The molecule has 1 rings (SSSR count). The number of hydrogen-bond donors (Lipinski definition) is 2. The minimum atomic E-state index is 0.112. The van der Waals surface area contributed by atoms with E-state index in [0.29, 0.717) is 12.5 Å². The van der Waals surface area contributed by atoms with Crippen LogP contribution in [-0.4, -0.2) is 19.5 Å². The van der Waals surface area contributed by atoms with E-state index >= 15 is 0 Å². The van der Waals surface area contributed by atoms with Crippen molar-refractivity contribution in [2.45, 2.75) is 25.8 Å². The molecule has 1 aromatic heterocycles. The van der Waals surface area contributed by atoms with Gasteiger partial charge < -0.3 is 10.6 Å². The molecule has 1 amide bonds. The zero-order valence-corrected chi connectivity index (χ0v) is 10.1. The lowest BCUT2D eigenvalue weighted by Crippen LogP contribution is -2.22. The maximum Gasteiger partial charge on any atom is 0.219 e. The van der Waals surface area contributed by atoms with Crippen LogP contribution < -0.4 is 10.6 Å². The first-order valence-corrected chi connectivity index (χ1v) is 6.09. The van der Waals surface area contributed by atoms with Crippen molar-refractivity contribution in [1.82, 2.24) is 10.6 Å². The topological polar surface area (TPSA) is 41.1 Å². The van der Waals surface area contributed by atoms with Crippen molar-refractivity contribution in [1.29, 1.82) is 0 Å². The van der Waals surface area contributed by atoms with Gasteiger partial charge in [-0.3, -0.25) is 4.79 Å². The molecule has 0 saturated heterocycles. The second-order valence-electron chi connectivity index (χ2n) is 3.47. The maximum atomic E-state index is 10.9. The highest BCUT2D eigenvalue weighted by Crippen LogP contribution is 2.17. The minimum absolute atomic E-state index is 0.112. The average molecular weight is 226 g/mol. The summed E-state index contributed by atoms with van der Waals surface area (Å²) in [5.41, 5.74) is 0. The van der Waals surface area contributed by atoms with E-state index in [1.807, 2.05) is 0 Å². The fourth-order valence-corrected chi connectivity index (χ4v) is 2.09. The van der Waals surface area contributed by atoms with Crippen LogP contribution in [0.2, 0.25) is 0 Å². The van der Waals surface area contributed by atoms with Crippen LogP contribution in [0.5, 0.6) is 0 Å². The Bertz CT molecular complexity index is 285. The molecule has 4 heteroatoms. The van der Waals surface area contributed by atoms with E-state index in [0.717, 1.165) is 13.0 Å². The monoisotopic (exact) mass is 226 g/mol. The Kier molecular flexibility index (Phi) is 5.36. The van der Waals surface area contributed by atoms with E-state index in [4.69, 9.17) is 0 Å². The van der Waals surface area contributed by atoms with Gasteiger partial charge in [0.1, 0.15) is 0 Å². The smallest absolute Gasteiger partial charge is 0.219 e. The van der Waals surface area contributed by atoms with Gasteiger partial charge in [-0.2, -0.15) is 0 Å². The average Bonchev–Trinajstić information content (AvgIpc) is 2.77. The van der Waals surface area contributed by atoms with E-state index in [-0.39, 0.29) is 5.91 Å². The van der Waals surface area contributed by atoms with Crippen molar-refractivity contribution < 1.29 is 4.79 Å². The Morgan fingerprint density at radius 1 is 1.60 bits per heavy atom. The highest BCUT2D eigenvalue weighted by molar-refractivity contribution is 7.10. The van der Waals surface area contributed by atoms with Gasteiger partial charge in [-0.05, 0) is 31.3 Å². The van der Waals surface area contributed by atoms with Gasteiger partial charge in [0.05, 0.1) is 0 Å². The Balaban J connectivity index is 2.13. The van der Waals surface area contributed by atoms with Gasteiger partial charge in [-0.1, -0.05) is 6.07 Å². The van der Waals surface area contributed by atoms with Gasteiger partial charge >= 0.3 is 0 Å². The van der Waals surface area contributed by atoms with E-state index in [2.05, 4.69) is 35.1 Å². The summed E-state index contributed by atoms with van der Waals surface area (Å²) < 4.78 is 0. The van der Waals surface area contributed by atoms with E-state index in [9.17, 15) is 4.79 Å². The second kappa shape index (κ2) is 6.58. The van der Waals surface area contributed by atoms with Gasteiger partial charge in [0.2, 0.25) is 5.91 Å². The van der Waals surface area contributed by atoms with Crippen molar-refractivity contribution in [3.63, 3.8) is 0 Å². The van der Waals surface area contributed by atoms with Gasteiger partial charge in [0, 0.05) is 24.4 Å². The lowest BCUT2D eigenvalue weighted by molar-refractivity contribution is -0.120. The Hall–Kier alpha value is -0.870. The summed E-state index contributed by atoms with van der Waals surface area (Å²) in [6, 6.07) is 4.57. The zero-order chi connectivity index (χ0) is 11.1. The number of carbonyl (C=O) groups is 1. The summed E-state index contributed by atoms with van der Waals surface area (Å²) in [5.74, 6) is 0.112. The van der Waals surface area contributed by atoms with Crippen molar-refractivity contribution in [3.8, 4) is 0 Å². The molecule has 0 aliphatic rings. The van der Waals surface area contributed by atoms with Crippen LogP contribution in [0.1, 0.15) is 30.7 Å². The summed E-state index contributed by atoms with van der Waals surface area (Å²) in [6.45, 7) is 3.03. The fraction of sp³-hybridized carbons (Fsp3) is 0.545. The Labute approximate surface area is 94.9 Å². The van der Waals surface area contributed by atoms with Crippen molar-refractivity contribution in [2.24, 2.45) is 0 Å². The molecule has 3 nitrogen and oxygen atoms in total. The van der Waals surface area contributed by atoms with Crippen LogP contribution >= 0.6 is 11.3 Å². The molecule has 1 heterocycles. The van der Waals surface area contributed by atoms with Gasteiger partial charge in [0.15, 0.2) is 0 Å². The second-order valence-corrected chi connectivity index (χ2v) is 4.45. The van der Waals surface area contributed by atoms with Gasteiger partial charge in [-0.15, -0.1) is 11.3 Å². The number of nitrogens with one attached hydrogen (secondary N) is 2. The summed E-state index contributed by atoms with van der Waals surface area (Å²) in [4.78, 5) is 12.3. The van der Waals surface area contributed by atoms with Crippen LogP contribution in [0.15, 0.2) is 17.5 Å². The van der Waals surface area contributed by atoms with Crippen molar-refractivity contribution >= 4 is 17.2 Å². The highest BCUT2D eigenvalue weighted by Gasteiger charge is 2.05. The first-order valence-electron chi connectivity index (χ1n) is 5.21. The van der Waals surface area contributed by atoms with Crippen molar-refractivity contribution in [2.75, 3.05) is 13.6 Å². The highest BCUT2D eigenvalue weighted by atomic mass is 32.1. The van der Waals surface area contributed by atoms with Gasteiger partial charge in [-0.25, -0.2) is 0 Å². The van der Waals surface area contributed by atoms with Crippen molar-refractivity contribution in [3.05, 3.63) is 22.4 Å². The largest absolute Gasteiger partial charge is 0.359 e. The molecule has 84 valence electrons. The lowest BCUT2D eigenvalue weighted by Gasteiger charge is -2.11. The third-order valence-electron chi connectivity index (χ3n) is 2.28. The molecule has 0 saturated carbocycles. The van der Waals surface area contributed by atoms with E-state index in [1.54, 1.807) is 18.4 Å². The third-order valence-corrected chi connectivity index (χ3v) is 3.33. The number of thiophene rings is 1. The van der Waals surface area contributed by atoms with Crippen LogP contribution in [0.4, 0.5) is 0 Å². The molecule has 2 N–H and O–H groups in total. The SMILES string of the molecule is CNC(=O)CCCN[C@@H](C)c1cccs1. The molecule has 0 radical (unpaired) electrons. The van der Waals surface area contributed by atoms with E-state index < -0.39 is 0 Å². The number of amides is 1. The molecule has 1 aromatic rings. The molecule has 0 aliphatic carbocycles. The van der Waals surface area contributed by atoms with Crippen LogP contribution in [0.25, 0.3) is 0 Å². The summed E-state index contributed by atoms with van der Waals surface area (Å²) in [6.07, 6.45) is 1.48. The number of carbonyl (C=O) groups excluding carboxylic acids is 1. The predicted molar refractivity (Wildman–Crippen MR) is 64.0 cm³/mol.